The molecule has 2 rings (SSSR count). The highest BCUT2D eigenvalue weighted by atomic mass is 79.9. The van der Waals surface area contributed by atoms with Gasteiger partial charge in [0.15, 0.2) is 0 Å². The zero-order chi connectivity index (χ0) is 15.6. The van der Waals surface area contributed by atoms with Gasteiger partial charge in [-0.05, 0) is 52.9 Å². The molecule has 0 N–H and O–H groups in total. The van der Waals surface area contributed by atoms with Crippen LogP contribution in [0, 0.1) is 5.92 Å². The minimum absolute atomic E-state index is 0.146. The van der Waals surface area contributed by atoms with Crippen LogP contribution in [0.1, 0.15) is 39.5 Å². The van der Waals surface area contributed by atoms with E-state index < -0.39 is 10.0 Å². The summed E-state index contributed by atoms with van der Waals surface area (Å²) in [4.78, 5) is 0.359. The van der Waals surface area contributed by atoms with Gasteiger partial charge in [-0.25, -0.2) is 8.42 Å². The fourth-order valence-electron chi connectivity index (χ4n) is 2.81. The first kappa shape index (κ1) is 17.4. The van der Waals surface area contributed by atoms with Crippen LogP contribution >= 0.6 is 31.9 Å². The van der Waals surface area contributed by atoms with Gasteiger partial charge in [0.1, 0.15) is 0 Å². The lowest BCUT2D eigenvalue weighted by atomic mass is 10.2. The monoisotopic (exact) mass is 437 g/mol. The van der Waals surface area contributed by atoms with Crippen molar-refractivity contribution in [1.29, 1.82) is 0 Å². The van der Waals surface area contributed by atoms with Gasteiger partial charge < -0.3 is 0 Å². The van der Waals surface area contributed by atoms with E-state index in [1.54, 1.807) is 22.5 Å². The summed E-state index contributed by atoms with van der Waals surface area (Å²) in [5.41, 5.74) is 0. The molecular formula is C15H21Br2NO2S. The summed E-state index contributed by atoms with van der Waals surface area (Å²) in [7, 11) is -3.46. The molecule has 3 nitrogen and oxygen atoms in total. The second-order valence-corrected chi connectivity index (χ2v) is 9.61. The molecule has 0 heterocycles. The van der Waals surface area contributed by atoms with E-state index in [4.69, 9.17) is 0 Å². The van der Waals surface area contributed by atoms with E-state index in [0.29, 0.717) is 21.8 Å². The quantitative estimate of drug-likeness (QED) is 0.661. The SMILES string of the molecule is CC(C)CN(C1CCCC1)S(=O)(=O)c1ccc(Br)cc1Br. The van der Waals surface area contributed by atoms with Crippen LogP contribution in [0.3, 0.4) is 0 Å². The summed E-state index contributed by atoms with van der Waals surface area (Å²) in [6.45, 7) is 4.71. The second kappa shape index (κ2) is 7.11. The Bertz CT molecular complexity index is 596. The highest BCUT2D eigenvalue weighted by molar-refractivity contribution is 9.11. The number of nitrogens with zero attached hydrogens (tertiary/aromatic N) is 1. The third kappa shape index (κ3) is 4.09. The Labute approximate surface area is 144 Å². The van der Waals surface area contributed by atoms with Gasteiger partial charge in [-0.3, -0.25) is 0 Å². The Kier molecular flexibility index (Phi) is 5.91. The first-order valence-electron chi connectivity index (χ1n) is 7.29. The van der Waals surface area contributed by atoms with E-state index in [9.17, 15) is 8.42 Å². The van der Waals surface area contributed by atoms with E-state index in [2.05, 4.69) is 45.7 Å². The zero-order valence-electron chi connectivity index (χ0n) is 12.4. The Balaban J connectivity index is 2.40. The number of rotatable bonds is 5. The van der Waals surface area contributed by atoms with E-state index in [1.807, 2.05) is 0 Å². The topological polar surface area (TPSA) is 37.4 Å². The maximum atomic E-state index is 13.1. The number of hydrogen-bond donors (Lipinski definition) is 0. The van der Waals surface area contributed by atoms with Crippen molar-refractivity contribution in [3.8, 4) is 0 Å². The first-order chi connectivity index (χ1) is 9.82. The van der Waals surface area contributed by atoms with Crippen molar-refractivity contribution in [2.24, 2.45) is 5.92 Å². The minimum atomic E-state index is -3.46. The molecule has 0 saturated heterocycles. The lowest BCUT2D eigenvalue weighted by molar-refractivity contribution is 0.292. The minimum Gasteiger partial charge on any atom is -0.207 e. The summed E-state index contributed by atoms with van der Waals surface area (Å²) in [6.07, 6.45) is 4.19. The highest BCUT2D eigenvalue weighted by Gasteiger charge is 2.34. The van der Waals surface area contributed by atoms with Crippen molar-refractivity contribution in [3.05, 3.63) is 27.1 Å². The summed E-state index contributed by atoms with van der Waals surface area (Å²) in [5, 5.41) is 0. The Morgan fingerprint density at radius 3 is 2.38 bits per heavy atom. The molecule has 1 saturated carbocycles. The molecule has 6 heteroatoms. The van der Waals surface area contributed by atoms with E-state index >= 15 is 0 Å². The van der Waals surface area contributed by atoms with E-state index in [1.165, 1.54) is 0 Å². The smallest absolute Gasteiger partial charge is 0.207 e. The van der Waals surface area contributed by atoms with Gasteiger partial charge in [-0.15, -0.1) is 0 Å². The molecule has 1 aliphatic carbocycles. The molecule has 0 unspecified atom stereocenters. The molecule has 0 aromatic heterocycles. The van der Waals surface area contributed by atoms with Crippen LogP contribution in [-0.2, 0) is 10.0 Å². The molecule has 21 heavy (non-hydrogen) atoms. The molecule has 0 aliphatic heterocycles. The number of hydrogen-bond acceptors (Lipinski definition) is 2. The largest absolute Gasteiger partial charge is 0.244 e. The summed E-state index contributed by atoms with van der Waals surface area (Å²) in [6, 6.07) is 5.38. The standard InChI is InChI=1S/C15H21Br2NO2S/c1-11(2)10-18(13-5-3-4-6-13)21(19,20)15-8-7-12(16)9-14(15)17/h7-9,11,13H,3-6,10H2,1-2H3. The summed E-state index contributed by atoms with van der Waals surface area (Å²) >= 11 is 6.76. The third-order valence-electron chi connectivity index (χ3n) is 3.76. The molecular weight excluding hydrogens is 418 g/mol. The molecule has 1 fully saturated rings. The van der Waals surface area contributed by atoms with Crippen molar-refractivity contribution >= 4 is 41.9 Å². The maximum absolute atomic E-state index is 13.1. The molecule has 0 bridgehead atoms. The van der Waals surface area contributed by atoms with Crippen LogP contribution in [-0.4, -0.2) is 25.3 Å². The molecule has 1 aromatic rings. The lowest BCUT2D eigenvalue weighted by Crippen LogP contribution is -2.41. The summed E-state index contributed by atoms with van der Waals surface area (Å²) in [5.74, 6) is 0.314. The van der Waals surface area contributed by atoms with Crippen molar-refractivity contribution in [2.75, 3.05) is 6.54 Å². The fourth-order valence-corrected chi connectivity index (χ4v) is 6.36. The second-order valence-electron chi connectivity index (χ2n) is 5.98. The van der Waals surface area contributed by atoms with Crippen molar-refractivity contribution in [3.63, 3.8) is 0 Å². The predicted molar refractivity (Wildman–Crippen MR) is 92.8 cm³/mol. The van der Waals surface area contributed by atoms with Crippen molar-refractivity contribution < 1.29 is 8.42 Å². The van der Waals surface area contributed by atoms with Gasteiger partial charge in [0.05, 0.1) is 4.90 Å². The van der Waals surface area contributed by atoms with Gasteiger partial charge in [-0.2, -0.15) is 4.31 Å². The molecule has 0 atom stereocenters. The van der Waals surface area contributed by atoms with Gasteiger partial charge >= 0.3 is 0 Å². The van der Waals surface area contributed by atoms with Gasteiger partial charge in [0.25, 0.3) is 0 Å². The average molecular weight is 439 g/mol. The van der Waals surface area contributed by atoms with Crippen LogP contribution in [0.5, 0.6) is 0 Å². The predicted octanol–water partition coefficient (Wildman–Crippen LogP) is 4.80. The number of halogens is 2. The number of sulfonamides is 1. The van der Waals surface area contributed by atoms with Crippen molar-refractivity contribution in [1.82, 2.24) is 4.31 Å². The first-order valence-corrected chi connectivity index (χ1v) is 10.3. The van der Waals surface area contributed by atoms with Gasteiger partial charge in [0.2, 0.25) is 10.0 Å². The van der Waals surface area contributed by atoms with E-state index in [0.717, 1.165) is 30.2 Å². The Hall–Kier alpha value is 0.0900. The molecule has 1 aromatic carbocycles. The molecule has 0 amide bonds. The zero-order valence-corrected chi connectivity index (χ0v) is 16.3. The molecule has 0 radical (unpaired) electrons. The Morgan fingerprint density at radius 2 is 1.86 bits per heavy atom. The lowest BCUT2D eigenvalue weighted by Gasteiger charge is -2.30. The van der Waals surface area contributed by atoms with Crippen LogP contribution in [0.25, 0.3) is 0 Å². The molecule has 0 spiro atoms. The van der Waals surface area contributed by atoms with Crippen LogP contribution in [0.15, 0.2) is 32.0 Å². The average Bonchev–Trinajstić information content (AvgIpc) is 2.88. The van der Waals surface area contributed by atoms with Gasteiger partial charge in [-0.1, -0.05) is 42.6 Å². The van der Waals surface area contributed by atoms with Crippen LogP contribution < -0.4 is 0 Å². The fraction of sp³-hybridized carbons (Fsp3) is 0.600. The van der Waals surface area contributed by atoms with Crippen LogP contribution in [0.4, 0.5) is 0 Å². The molecule has 1 aliphatic rings. The van der Waals surface area contributed by atoms with Crippen molar-refractivity contribution in [2.45, 2.75) is 50.5 Å². The maximum Gasteiger partial charge on any atom is 0.244 e. The Morgan fingerprint density at radius 1 is 1.24 bits per heavy atom. The van der Waals surface area contributed by atoms with Gasteiger partial charge in [0, 0.05) is 21.5 Å². The van der Waals surface area contributed by atoms with Crippen LogP contribution in [0.2, 0.25) is 0 Å². The normalized spacial score (nSPS) is 17.0. The molecule has 118 valence electrons. The number of benzene rings is 1. The third-order valence-corrected chi connectivity index (χ3v) is 7.15. The van der Waals surface area contributed by atoms with E-state index in [-0.39, 0.29) is 6.04 Å². The summed E-state index contributed by atoms with van der Waals surface area (Å²) < 4.78 is 29.3. The highest BCUT2D eigenvalue weighted by Crippen LogP contribution is 2.33.